The predicted molar refractivity (Wildman–Crippen MR) is 143 cm³/mol. The first kappa shape index (κ1) is 26.0. The molecule has 1 aliphatic rings. The van der Waals surface area contributed by atoms with E-state index in [9.17, 15) is 9.59 Å². The van der Waals surface area contributed by atoms with Gasteiger partial charge in [0.05, 0.1) is 25.9 Å². The van der Waals surface area contributed by atoms with Gasteiger partial charge in [0.2, 0.25) is 0 Å². The van der Waals surface area contributed by atoms with E-state index in [0.29, 0.717) is 35.5 Å². The molecule has 5 rings (SSSR count). The minimum Gasteiger partial charge on any atom is -0.496 e. The van der Waals surface area contributed by atoms with Gasteiger partial charge in [0.1, 0.15) is 22.7 Å². The summed E-state index contributed by atoms with van der Waals surface area (Å²) in [7, 11) is 3.18. The molecule has 0 aliphatic carbocycles. The summed E-state index contributed by atoms with van der Waals surface area (Å²) in [6.45, 7) is 8.07. The Balaban J connectivity index is 1.48. The van der Waals surface area contributed by atoms with Gasteiger partial charge in [0.15, 0.2) is 6.29 Å². The first-order valence-electron chi connectivity index (χ1n) is 12.5. The van der Waals surface area contributed by atoms with Crippen molar-refractivity contribution in [2.75, 3.05) is 14.2 Å². The highest BCUT2D eigenvalue weighted by molar-refractivity contribution is 5.83. The average Bonchev–Trinajstić information content (AvgIpc) is 3.19. The van der Waals surface area contributed by atoms with E-state index in [1.807, 2.05) is 52.0 Å². The molecule has 3 heterocycles. The van der Waals surface area contributed by atoms with Crippen molar-refractivity contribution < 1.29 is 27.8 Å². The number of benzene rings is 2. The summed E-state index contributed by atoms with van der Waals surface area (Å²) in [6.07, 6.45) is -0.0464. The Labute approximate surface area is 220 Å². The predicted octanol–water partition coefficient (Wildman–Crippen LogP) is 5.25. The van der Waals surface area contributed by atoms with Gasteiger partial charge in [-0.15, -0.1) is 0 Å². The van der Waals surface area contributed by atoms with Gasteiger partial charge in [-0.3, -0.25) is 0 Å². The fraction of sp³-hybridized carbons (Fsp3) is 0.400. The molecule has 8 heteroatoms. The van der Waals surface area contributed by atoms with Crippen molar-refractivity contribution in [1.82, 2.24) is 0 Å². The van der Waals surface area contributed by atoms with E-state index < -0.39 is 28.6 Å². The van der Waals surface area contributed by atoms with Gasteiger partial charge >= 0.3 is 11.3 Å². The van der Waals surface area contributed by atoms with Gasteiger partial charge in [-0.05, 0) is 56.7 Å². The highest BCUT2D eigenvalue weighted by Crippen LogP contribution is 2.44. The summed E-state index contributed by atoms with van der Waals surface area (Å²) in [5.41, 5.74) is 0.471. The fourth-order valence-electron chi connectivity index (χ4n) is 5.14. The van der Waals surface area contributed by atoms with E-state index in [1.165, 1.54) is 12.1 Å². The smallest absolute Gasteiger partial charge is 0.336 e. The Morgan fingerprint density at radius 3 is 1.84 bits per heavy atom. The fourth-order valence-corrected chi connectivity index (χ4v) is 5.14. The zero-order valence-electron chi connectivity index (χ0n) is 22.5. The standard InChI is InChI=1S/C30H32O8/c1-29(2,16-20-22(34-6)12-8-18-10-14-25(32)37-27(18)20)28-35-23(30(3,4)38-28)15-19-21(33-5)11-7-17-9-13-24(31)36-26(17)19/h7-14,23,28H,15-16H2,1-6H3/t23-,28-/m1/s1. The summed E-state index contributed by atoms with van der Waals surface area (Å²) >= 11 is 0. The van der Waals surface area contributed by atoms with Crippen LogP contribution in [0.15, 0.2) is 67.0 Å². The molecule has 0 radical (unpaired) electrons. The molecule has 2 atom stereocenters. The SMILES string of the molecule is COc1ccc2ccc(=O)oc2c1C[C@H]1O[C@@H](C(C)(C)Cc2c(OC)ccc3ccc(=O)oc23)OC1(C)C. The minimum absolute atomic E-state index is 0.357. The quantitative estimate of drug-likeness (QED) is 0.305. The molecule has 1 saturated heterocycles. The van der Waals surface area contributed by atoms with Crippen molar-refractivity contribution in [3.8, 4) is 11.5 Å². The van der Waals surface area contributed by atoms with Crippen molar-refractivity contribution in [3.05, 3.63) is 80.5 Å². The lowest BCUT2D eigenvalue weighted by atomic mass is 9.84. The molecule has 1 fully saturated rings. The lowest BCUT2D eigenvalue weighted by Crippen LogP contribution is -2.35. The van der Waals surface area contributed by atoms with Crippen LogP contribution in [-0.4, -0.2) is 32.2 Å². The van der Waals surface area contributed by atoms with E-state index in [2.05, 4.69) is 0 Å². The molecule has 0 unspecified atom stereocenters. The third-order valence-electron chi connectivity index (χ3n) is 7.27. The van der Waals surface area contributed by atoms with Crippen molar-refractivity contribution >= 4 is 21.9 Å². The van der Waals surface area contributed by atoms with E-state index in [1.54, 1.807) is 26.4 Å². The zero-order valence-corrected chi connectivity index (χ0v) is 22.5. The van der Waals surface area contributed by atoms with Crippen LogP contribution in [0.5, 0.6) is 11.5 Å². The summed E-state index contributed by atoms with van der Waals surface area (Å²) in [4.78, 5) is 24.1. The third-order valence-corrected chi connectivity index (χ3v) is 7.27. The molecule has 8 nitrogen and oxygen atoms in total. The first-order chi connectivity index (χ1) is 18.0. The lowest BCUT2D eigenvalue weighted by molar-refractivity contribution is -0.147. The maximum atomic E-state index is 12.0. The monoisotopic (exact) mass is 520 g/mol. The van der Waals surface area contributed by atoms with E-state index in [4.69, 9.17) is 27.8 Å². The van der Waals surface area contributed by atoms with Crippen LogP contribution in [0.2, 0.25) is 0 Å². The van der Waals surface area contributed by atoms with Gasteiger partial charge in [-0.2, -0.15) is 0 Å². The Morgan fingerprint density at radius 1 is 0.789 bits per heavy atom. The Hall–Kier alpha value is -3.62. The van der Waals surface area contributed by atoms with E-state index in [0.717, 1.165) is 21.9 Å². The molecule has 4 aromatic rings. The molecule has 0 amide bonds. The molecule has 1 aliphatic heterocycles. The van der Waals surface area contributed by atoms with Crippen molar-refractivity contribution in [2.45, 2.75) is 58.5 Å². The molecule has 0 N–H and O–H groups in total. The lowest BCUT2D eigenvalue weighted by Gasteiger charge is -2.31. The van der Waals surface area contributed by atoms with Crippen LogP contribution < -0.4 is 20.7 Å². The highest BCUT2D eigenvalue weighted by atomic mass is 16.7. The second-order valence-electron chi connectivity index (χ2n) is 10.9. The topological polar surface area (TPSA) is 97.3 Å². The number of ether oxygens (including phenoxy) is 4. The maximum absolute atomic E-state index is 12.0. The number of rotatable bonds is 7. The number of methoxy groups -OCH3 is 2. The first-order valence-corrected chi connectivity index (χ1v) is 12.5. The van der Waals surface area contributed by atoms with Crippen LogP contribution in [0.1, 0.15) is 38.8 Å². The van der Waals surface area contributed by atoms with Crippen LogP contribution in [0.3, 0.4) is 0 Å². The Morgan fingerprint density at radius 2 is 1.29 bits per heavy atom. The molecule has 38 heavy (non-hydrogen) atoms. The zero-order chi connectivity index (χ0) is 27.2. The van der Waals surface area contributed by atoms with Crippen molar-refractivity contribution in [2.24, 2.45) is 5.41 Å². The summed E-state index contributed by atoms with van der Waals surface area (Å²) in [5, 5.41) is 1.62. The summed E-state index contributed by atoms with van der Waals surface area (Å²) in [5.74, 6) is 1.24. The van der Waals surface area contributed by atoms with Crippen LogP contribution in [0, 0.1) is 5.41 Å². The average molecular weight is 521 g/mol. The van der Waals surface area contributed by atoms with Gasteiger partial charge in [-0.25, -0.2) is 9.59 Å². The van der Waals surface area contributed by atoms with Gasteiger partial charge in [0.25, 0.3) is 0 Å². The number of fused-ring (bicyclic) bond motifs is 2. The Kier molecular flexibility index (Phi) is 6.57. The molecule has 200 valence electrons. The van der Waals surface area contributed by atoms with Gasteiger partial charge < -0.3 is 27.8 Å². The van der Waals surface area contributed by atoms with Crippen LogP contribution in [-0.2, 0) is 22.3 Å². The normalized spacial score (nSPS) is 19.2. The van der Waals surface area contributed by atoms with E-state index in [-0.39, 0.29) is 6.10 Å². The molecular formula is C30H32O8. The molecule has 0 bridgehead atoms. The summed E-state index contributed by atoms with van der Waals surface area (Å²) < 4.78 is 35.5. The highest BCUT2D eigenvalue weighted by Gasteiger charge is 2.49. The number of hydrogen-bond acceptors (Lipinski definition) is 8. The molecule has 0 spiro atoms. The second-order valence-corrected chi connectivity index (χ2v) is 10.9. The van der Waals surface area contributed by atoms with Gasteiger partial charge in [0, 0.05) is 45.9 Å². The molecule has 2 aromatic carbocycles. The largest absolute Gasteiger partial charge is 0.496 e. The van der Waals surface area contributed by atoms with Crippen molar-refractivity contribution in [3.63, 3.8) is 0 Å². The van der Waals surface area contributed by atoms with Crippen LogP contribution >= 0.6 is 0 Å². The van der Waals surface area contributed by atoms with Gasteiger partial charge in [-0.1, -0.05) is 13.8 Å². The Bertz CT molecular complexity index is 1610. The summed E-state index contributed by atoms with van der Waals surface area (Å²) in [6, 6.07) is 13.8. The number of hydrogen-bond donors (Lipinski definition) is 0. The van der Waals surface area contributed by atoms with Crippen LogP contribution in [0.4, 0.5) is 0 Å². The van der Waals surface area contributed by atoms with Crippen molar-refractivity contribution in [1.29, 1.82) is 0 Å². The maximum Gasteiger partial charge on any atom is 0.336 e. The van der Waals surface area contributed by atoms with Crippen LogP contribution in [0.25, 0.3) is 21.9 Å². The third kappa shape index (κ3) is 4.70. The van der Waals surface area contributed by atoms with E-state index >= 15 is 0 Å². The molecule has 2 aromatic heterocycles. The minimum atomic E-state index is -0.653. The molecular weight excluding hydrogens is 488 g/mol. The second kappa shape index (κ2) is 9.60. The molecule has 0 saturated carbocycles.